The van der Waals surface area contributed by atoms with Gasteiger partial charge in [-0.3, -0.25) is 4.90 Å². The summed E-state index contributed by atoms with van der Waals surface area (Å²) in [5.41, 5.74) is 0.756. The van der Waals surface area contributed by atoms with Crippen molar-refractivity contribution in [1.29, 1.82) is 0 Å². The summed E-state index contributed by atoms with van der Waals surface area (Å²) >= 11 is 0. The van der Waals surface area contributed by atoms with Crippen LogP contribution in [0.5, 0.6) is 11.5 Å². The zero-order valence-corrected chi connectivity index (χ0v) is 16.5. The van der Waals surface area contributed by atoms with Gasteiger partial charge in [0.05, 0.1) is 27.1 Å². The first-order valence-corrected chi connectivity index (χ1v) is 10.7. The largest absolute Gasteiger partial charge is 0.497 e. The van der Waals surface area contributed by atoms with Crippen molar-refractivity contribution in [3.05, 3.63) is 23.8 Å². The fraction of sp³-hybridized carbons (Fsp3) is 0.667. The summed E-state index contributed by atoms with van der Waals surface area (Å²) in [7, 11) is 0.0373. The molecule has 1 N–H and O–H groups in total. The van der Waals surface area contributed by atoms with E-state index in [1.165, 1.54) is 10.6 Å². The Morgan fingerprint density at radius 2 is 2.04 bits per heavy atom. The van der Waals surface area contributed by atoms with Crippen LogP contribution in [-0.4, -0.2) is 76.0 Å². The highest BCUT2D eigenvalue weighted by molar-refractivity contribution is 7.88. The van der Waals surface area contributed by atoms with Crippen molar-refractivity contribution in [1.82, 2.24) is 9.21 Å². The van der Waals surface area contributed by atoms with Gasteiger partial charge >= 0.3 is 0 Å². The average Bonchev–Trinajstić information content (AvgIpc) is 3.02. The number of nitrogens with zero attached hydrogens (tertiary/aromatic N) is 2. The van der Waals surface area contributed by atoms with Crippen LogP contribution in [-0.2, 0) is 16.6 Å². The second-order valence-corrected chi connectivity index (χ2v) is 9.42. The summed E-state index contributed by atoms with van der Waals surface area (Å²) in [5.74, 6) is 1.68. The van der Waals surface area contributed by atoms with Crippen LogP contribution in [0.3, 0.4) is 0 Å². The van der Waals surface area contributed by atoms with Gasteiger partial charge in [0.15, 0.2) is 0 Å². The lowest BCUT2D eigenvalue weighted by molar-refractivity contribution is 0.0168. The Labute approximate surface area is 155 Å². The maximum absolute atomic E-state index is 12.0. The molecule has 8 heteroatoms. The van der Waals surface area contributed by atoms with E-state index in [4.69, 9.17) is 9.47 Å². The predicted molar refractivity (Wildman–Crippen MR) is 98.9 cm³/mol. The van der Waals surface area contributed by atoms with Crippen LogP contribution >= 0.6 is 0 Å². The van der Waals surface area contributed by atoms with E-state index in [2.05, 4.69) is 4.90 Å². The first-order valence-electron chi connectivity index (χ1n) is 8.80. The van der Waals surface area contributed by atoms with Gasteiger partial charge in [0.2, 0.25) is 10.0 Å². The van der Waals surface area contributed by atoms with Crippen molar-refractivity contribution in [2.45, 2.75) is 13.0 Å². The smallest absolute Gasteiger partial charge is 0.211 e. The van der Waals surface area contributed by atoms with Crippen LogP contribution in [0.1, 0.15) is 12.0 Å². The molecule has 1 aromatic rings. The maximum Gasteiger partial charge on any atom is 0.211 e. The molecule has 0 saturated carbocycles. The third-order valence-corrected chi connectivity index (χ3v) is 7.07. The lowest BCUT2D eigenvalue weighted by Crippen LogP contribution is -2.48. The number of hydrogen-bond acceptors (Lipinski definition) is 6. The summed E-state index contributed by atoms with van der Waals surface area (Å²) in [5, 5.41) is 9.98. The monoisotopic (exact) mass is 384 g/mol. The van der Waals surface area contributed by atoms with Crippen LogP contribution in [0.4, 0.5) is 0 Å². The number of aliphatic hydroxyl groups is 1. The Bertz CT molecular complexity index is 754. The standard InChI is InChI=1S/C18H28N2O5S/c1-24-16-5-4-14(17(8-16)25-2)9-19-7-6-18(13-21)12-20(26(3,22)23)11-15(18)10-19/h4-5,8,15,21H,6-7,9-13H2,1-3H3/t15-,18+/m1/s1. The Hall–Kier alpha value is -1.35. The number of ether oxygens (including phenoxy) is 2. The van der Waals surface area contributed by atoms with Crippen LogP contribution in [0.15, 0.2) is 18.2 Å². The third kappa shape index (κ3) is 3.69. The van der Waals surface area contributed by atoms with Gasteiger partial charge in [-0.05, 0) is 24.9 Å². The molecule has 2 saturated heterocycles. The lowest BCUT2D eigenvalue weighted by Gasteiger charge is -2.42. The molecule has 3 rings (SSSR count). The summed E-state index contributed by atoms with van der Waals surface area (Å²) in [6.45, 7) is 3.25. The number of methoxy groups -OCH3 is 2. The minimum Gasteiger partial charge on any atom is -0.497 e. The maximum atomic E-state index is 12.0. The normalized spacial score (nSPS) is 27.3. The molecule has 2 aliphatic rings. The number of rotatable bonds is 6. The third-order valence-electron chi connectivity index (χ3n) is 5.86. The first-order chi connectivity index (χ1) is 12.3. The number of likely N-dealkylation sites (tertiary alicyclic amines) is 1. The molecular weight excluding hydrogens is 356 g/mol. The molecule has 146 valence electrons. The molecule has 0 spiro atoms. The fourth-order valence-electron chi connectivity index (χ4n) is 4.18. The van der Waals surface area contributed by atoms with Crippen molar-refractivity contribution < 1.29 is 23.0 Å². The Kier molecular flexibility index (Phi) is 5.48. The molecule has 2 aliphatic heterocycles. The number of fused-ring (bicyclic) bond motifs is 1. The molecule has 0 radical (unpaired) electrons. The minimum absolute atomic E-state index is 0.0311. The van der Waals surface area contributed by atoms with E-state index in [9.17, 15) is 13.5 Å². The van der Waals surface area contributed by atoms with Crippen molar-refractivity contribution in [3.63, 3.8) is 0 Å². The summed E-state index contributed by atoms with van der Waals surface area (Å²) < 4.78 is 36.2. The molecule has 2 atom stereocenters. The van der Waals surface area contributed by atoms with E-state index in [1.807, 2.05) is 18.2 Å². The molecule has 0 unspecified atom stereocenters. The molecule has 0 aliphatic carbocycles. The van der Waals surface area contributed by atoms with Gasteiger partial charge in [-0.25, -0.2) is 12.7 Å². The Morgan fingerprint density at radius 1 is 1.27 bits per heavy atom. The van der Waals surface area contributed by atoms with Crippen LogP contribution < -0.4 is 9.47 Å². The van der Waals surface area contributed by atoms with Crippen molar-refractivity contribution in [3.8, 4) is 11.5 Å². The SMILES string of the molecule is COc1ccc(CN2CC[C@@]3(CO)CN(S(C)(=O)=O)C[C@H]3C2)c(OC)c1. The molecule has 2 fully saturated rings. The van der Waals surface area contributed by atoms with Gasteiger partial charge in [-0.2, -0.15) is 0 Å². The number of hydrogen-bond donors (Lipinski definition) is 1. The zero-order chi connectivity index (χ0) is 18.9. The van der Waals surface area contributed by atoms with Crippen molar-refractivity contribution in [2.24, 2.45) is 11.3 Å². The second kappa shape index (κ2) is 7.34. The number of piperidine rings is 1. The van der Waals surface area contributed by atoms with Crippen LogP contribution in [0.2, 0.25) is 0 Å². The van der Waals surface area contributed by atoms with E-state index in [-0.39, 0.29) is 17.9 Å². The van der Waals surface area contributed by atoms with Gasteiger partial charge in [-0.15, -0.1) is 0 Å². The van der Waals surface area contributed by atoms with Crippen molar-refractivity contribution >= 4 is 10.0 Å². The summed E-state index contributed by atoms with van der Waals surface area (Å²) in [4.78, 5) is 2.31. The number of sulfonamides is 1. The Morgan fingerprint density at radius 3 is 2.65 bits per heavy atom. The van der Waals surface area contributed by atoms with Crippen LogP contribution in [0, 0.1) is 11.3 Å². The predicted octanol–water partition coefficient (Wildman–Crippen LogP) is 0.780. The van der Waals surface area contributed by atoms with E-state index in [0.29, 0.717) is 13.1 Å². The molecule has 26 heavy (non-hydrogen) atoms. The van der Waals surface area contributed by atoms with E-state index >= 15 is 0 Å². The number of benzene rings is 1. The van der Waals surface area contributed by atoms with Gasteiger partial charge in [0.25, 0.3) is 0 Å². The van der Waals surface area contributed by atoms with E-state index in [1.54, 1.807) is 14.2 Å². The molecule has 0 aromatic heterocycles. The molecule has 1 aromatic carbocycles. The van der Waals surface area contributed by atoms with Crippen molar-refractivity contribution in [2.75, 3.05) is 53.3 Å². The molecule has 0 amide bonds. The minimum atomic E-state index is -3.23. The van der Waals surface area contributed by atoms with Gasteiger partial charge in [0.1, 0.15) is 11.5 Å². The highest BCUT2D eigenvalue weighted by atomic mass is 32.2. The van der Waals surface area contributed by atoms with E-state index < -0.39 is 10.0 Å². The highest BCUT2D eigenvalue weighted by Crippen LogP contribution is 2.43. The van der Waals surface area contributed by atoms with Crippen LogP contribution in [0.25, 0.3) is 0 Å². The average molecular weight is 384 g/mol. The number of aliphatic hydroxyl groups excluding tert-OH is 1. The Balaban J connectivity index is 1.74. The van der Waals surface area contributed by atoms with Gasteiger partial charge in [-0.1, -0.05) is 6.07 Å². The topological polar surface area (TPSA) is 79.3 Å². The highest BCUT2D eigenvalue weighted by Gasteiger charge is 2.51. The van der Waals surface area contributed by atoms with Gasteiger partial charge < -0.3 is 14.6 Å². The molecule has 7 nitrogen and oxygen atoms in total. The summed E-state index contributed by atoms with van der Waals surface area (Å²) in [6.07, 6.45) is 2.04. The molecule has 0 bridgehead atoms. The second-order valence-electron chi connectivity index (χ2n) is 7.44. The zero-order valence-electron chi connectivity index (χ0n) is 15.6. The first kappa shape index (κ1) is 19.4. The molecule has 2 heterocycles. The summed E-state index contributed by atoms with van der Waals surface area (Å²) in [6, 6.07) is 5.79. The quantitative estimate of drug-likeness (QED) is 0.781. The van der Waals surface area contributed by atoms with Gasteiger partial charge in [0, 0.05) is 43.2 Å². The van der Waals surface area contributed by atoms with E-state index in [0.717, 1.165) is 43.1 Å². The fourth-order valence-corrected chi connectivity index (χ4v) is 5.12. The lowest BCUT2D eigenvalue weighted by atomic mass is 9.73. The molecular formula is C18H28N2O5S.